The predicted molar refractivity (Wildman–Crippen MR) is 102 cm³/mol. The summed E-state index contributed by atoms with van der Waals surface area (Å²) in [6.45, 7) is 4.79. The van der Waals surface area contributed by atoms with Crippen molar-refractivity contribution in [3.8, 4) is 5.75 Å². The first kappa shape index (κ1) is 17.1. The summed E-state index contributed by atoms with van der Waals surface area (Å²) in [4.78, 5) is 3.77. The minimum Gasteiger partial charge on any atom is -0.496 e. The minimum absolute atomic E-state index is 0.315. The molecule has 3 aromatic rings. The van der Waals surface area contributed by atoms with E-state index in [1.807, 2.05) is 6.92 Å². The number of aryl methyl sites for hydroxylation is 2. The zero-order chi connectivity index (χ0) is 18.5. The Labute approximate surface area is 153 Å². The highest BCUT2D eigenvalue weighted by Gasteiger charge is 2.30. The number of aromatic amines is 1. The first-order chi connectivity index (χ1) is 12.4. The lowest BCUT2D eigenvalue weighted by Crippen LogP contribution is -2.35. The van der Waals surface area contributed by atoms with Crippen molar-refractivity contribution < 1.29 is 13.2 Å². The topological polar surface area (TPSA) is 62.4 Å². The van der Waals surface area contributed by atoms with E-state index in [1.165, 1.54) is 5.56 Å². The number of hydrogen-bond acceptors (Lipinski definition) is 3. The summed E-state index contributed by atoms with van der Waals surface area (Å²) >= 11 is 0. The van der Waals surface area contributed by atoms with Crippen molar-refractivity contribution in [3.63, 3.8) is 0 Å². The fourth-order valence-corrected chi connectivity index (χ4v) is 5.17. The normalized spacial score (nSPS) is 15.2. The van der Waals surface area contributed by atoms with Crippen molar-refractivity contribution in [1.82, 2.24) is 9.29 Å². The third-order valence-electron chi connectivity index (χ3n) is 5.10. The Morgan fingerprint density at radius 2 is 1.92 bits per heavy atom. The van der Waals surface area contributed by atoms with Gasteiger partial charge in [-0.2, -0.15) is 4.31 Å². The van der Waals surface area contributed by atoms with E-state index in [-0.39, 0.29) is 0 Å². The SMILES string of the molecule is COc1ccc(S(=O)(=O)N2CCc3[nH]c4cc(C)ccc4c3C2)cc1C. The van der Waals surface area contributed by atoms with E-state index in [4.69, 9.17) is 4.74 Å². The first-order valence-electron chi connectivity index (χ1n) is 8.65. The maximum atomic E-state index is 13.1. The Hall–Kier alpha value is -2.31. The highest BCUT2D eigenvalue weighted by atomic mass is 32.2. The monoisotopic (exact) mass is 370 g/mol. The van der Waals surface area contributed by atoms with Gasteiger partial charge in [0.25, 0.3) is 0 Å². The molecule has 0 atom stereocenters. The molecule has 5 nitrogen and oxygen atoms in total. The van der Waals surface area contributed by atoms with Crippen molar-refractivity contribution in [3.05, 3.63) is 58.8 Å². The lowest BCUT2D eigenvalue weighted by Gasteiger charge is -2.26. The summed E-state index contributed by atoms with van der Waals surface area (Å²) in [5, 5.41) is 1.11. The van der Waals surface area contributed by atoms with Crippen LogP contribution >= 0.6 is 0 Å². The van der Waals surface area contributed by atoms with Gasteiger partial charge in [0.05, 0.1) is 12.0 Å². The average molecular weight is 370 g/mol. The van der Waals surface area contributed by atoms with E-state index in [1.54, 1.807) is 29.6 Å². The maximum Gasteiger partial charge on any atom is 0.243 e. The molecule has 0 unspecified atom stereocenters. The highest BCUT2D eigenvalue weighted by Crippen LogP contribution is 2.32. The van der Waals surface area contributed by atoms with Crippen LogP contribution in [0.5, 0.6) is 5.75 Å². The van der Waals surface area contributed by atoms with E-state index in [9.17, 15) is 8.42 Å². The largest absolute Gasteiger partial charge is 0.496 e. The van der Waals surface area contributed by atoms with Crippen molar-refractivity contribution in [1.29, 1.82) is 0 Å². The van der Waals surface area contributed by atoms with Gasteiger partial charge in [-0.3, -0.25) is 0 Å². The van der Waals surface area contributed by atoms with Crippen LogP contribution in [0.15, 0.2) is 41.3 Å². The number of rotatable bonds is 3. The second-order valence-corrected chi connectivity index (χ2v) is 8.79. The number of H-pyrrole nitrogens is 1. The lowest BCUT2D eigenvalue weighted by atomic mass is 10.1. The Bertz CT molecular complexity index is 1100. The van der Waals surface area contributed by atoms with E-state index in [0.29, 0.717) is 30.2 Å². The molecule has 0 fully saturated rings. The molecular formula is C20H22N2O3S. The molecule has 2 heterocycles. The van der Waals surface area contributed by atoms with Crippen LogP contribution in [-0.2, 0) is 23.0 Å². The van der Waals surface area contributed by atoms with Crippen LogP contribution in [0, 0.1) is 13.8 Å². The van der Waals surface area contributed by atoms with Gasteiger partial charge in [-0.1, -0.05) is 12.1 Å². The fraction of sp³-hybridized carbons (Fsp3) is 0.300. The van der Waals surface area contributed by atoms with Crippen molar-refractivity contribution in [2.24, 2.45) is 0 Å². The van der Waals surface area contributed by atoms with Gasteiger partial charge in [-0.05, 0) is 54.8 Å². The molecule has 136 valence electrons. The summed E-state index contributed by atoms with van der Waals surface area (Å²) in [6.07, 6.45) is 0.692. The van der Waals surface area contributed by atoms with Crippen LogP contribution in [0.4, 0.5) is 0 Å². The quantitative estimate of drug-likeness (QED) is 0.767. The second-order valence-electron chi connectivity index (χ2n) is 6.85. The van der Waals surface area contributed by atoms with Gasteiger partial charge in [0.2, 0.25) is 10.0 Å². The van der Waals surface area contributed by atoms with Crippen LogP contribution in [0.1, 0.15) is 22.4 Å². The van der Waals surface area contributed by atoms with Gasteiger partial charge in [0.15, 0.2) is 0 Å². The number of hydrogen-bond donors (Lipinski definition) is 1. The Kier molecular flexibility index (Phi) is 4.04. The number of benzene rings is 2. The standard InChI is InChI=1S/C20H22N2O3S/c1-13-4-6-16-17-12-22(9-8-18(17)21-19(16)10-13)26(23,24)15-5-7-20(25-3)14(2)11-15/h4-7,10-11,21H,8-9,12H2,1-3H3. The summed E-state index contributed by atoms with van der Waals surface area (Å²) in [7, 11) is -1.96. The summed E-state index contributed by atoms with van der Waals surface area (Å²) < 4.78 is 33.1. The van der Waals surface area contributed by atoms with Gasteiger partial charge in [0.1, 0.15) is 5.75 Å². The molecule has 6 heteroatoms. The number of fused-ring (bicyclic) bond motifs is 3. The number of sulfonamides is 1. The molecule has 0 bridgehead atoms. The molecule has 0 spiro atoms. The average Bonchev–Trinajstić information content (AvgIpc) is 2.98. The van der Waals surface area contributed by atoms with Crippen molar-refractivity contribution in [2.45, 2.75) is 31.7 Å². The van der Waals surface area contributed by atoms with E-state index >= 15 is 0 Å². The number of methoxy groups -OCH3 is 1. The zero-order valence-electron chi connectivity index (χ0n) is 15.2. The molecule has 0 radical (unpaired) electrons. The van der Waals surface area contributed by atoms with E-state index in [2.05, 4.69) is 30.1 Å². The molecule has 0 amide bonds. The van der Waals surface area contributed by atoms with Gasteiger partial charge < -0.3 is 9.72 Å². The number of aromatic nitrogens is 1. The lowest BCUT2D eigenvalue weighted by molar-refractivity contribution is 0.390. The van der Waals surface area contributed by atoms with E-state index < -0.39 is 10.0 Å². The van der Waals surface area contributed by atoms with Gasteiger partial charge in [-0.25, -0.2) is 8.42 Å². The summed E-state index contributed by atoms with van der Waals surface area (Å²) in [5.74, 6) is 0.692. The molecular weight excluding hydrogens is 348 g/mol. The molecule has 1 aromatic heterocycles. The number of nitrogens with one attached hydrogen (secondary N) is 1. The third-order valence-corrected chi connectivity index (χ3v) is 6.94. The Balaban J connectivity index is 1.71. The molecule has 4 rings (SSSR count). The van der Waals surface area contributed by atoms with Crippen molar-refractivity contribution in [2.75, 3.05) is 13.7 Å². The summed E-state index contributed by atoms with van der Waals surface area (Å²) in [6, 6.07) is 11.3. The molecule has 1 N–H and O–H groups in total. The Morgan fingerprint density at radius 1 is 1.12 bits per heavy atom. The van der Waals surface area contributed by atoms with Crippen LogP contribution in [0.25, 0.3) is 10.9 Å². The van der Waals surface area contributed by atoms with Crippen LogP contribution in [-0.4, -0.2) is 31.4 Å². The summed E-state index contributed by atoms with van der Waals surface area (Å²) in [5.41, 5.74) is 5.31. The Morgan fingerprint density at radius 3 is 2.65 bits per heavy atom. The molecule has 26 heavy (non-hydrogen) atoms. The molecule has 1 aliphatic heterocycles. The van der Waals surface area contributed by atoms with Crippen LogP contribution in [0.2, 0.25) is 0 Å². The molecule has 2 aromatic carbocycles. The maximum absolute atomic E-state index is 13.1. The molecule has 0 saturated carbocycles. The van der Waals surface area contributed by atoms with E-state index in [0.717, 1.165) is 27.7 Å². The smallest absolute Gasteiger partial charge is 0.243 e. The third kappa shape index (κ3) is 2.70. The second kappa shape index (κ2) is 6.14. The van der Waals surface area contributed by atoms with Crippen LogP contribution in [0.3, 0.4) is 0 Å². The van der Waals surface area contributed by atoms with Gasteiger partial charge in [0, 0.05) is 36.1 Å². The molecule has 0 aliphatic carbocycles. The molecule has 0 saturated heterocycles. The molecule has 1 aliphatic rings. The zero-order valence-corrected chi connectivity index (χ0v) is 16.0. The number of ether oxygens (including phenoxy) is 1. The van der Waals surface area contributed by atoms with Crippen molar-refractivity contribution >= 4 is 20.9 Å². The first-order valence-corrected chi connectivity index (χ1v) is 10.1. The fourth-order valence-electron chi connectivity index (χ4n) is 3.68. The minimum atomic E-state index is -3.54. The van der Waals surface area contributed by atoms with Gasteiger partial charge >= 0.3 is 0 Å². The number of nitrogens with zero attached hydrogens (tertiary/aromatic N) is 1. The van der Waals surface area contributed by atoms with Crippen LogP contribution < -0.4 is 4.74 Å². The predicted octanol–water partition coefficient (Wildman–Crippen LogP) is 3.54. The highest BCUT2D eigenvalue weighted by molar-refractivity contribution is 7.89. The van der Waals surface area contributed by atoms with Gasteiger partial charge in [-0.15, -0.1) is 0 Å².